The Morgan fingerprint density at radius 2 is 0.667 bits per heavy atom. The molecule has 0 amide bonds. The first-order chi connectivity index (χ1) is 0. The van der Waals surface area contributed by atoms with Gasteiger partial charge in [-0.2, -0.15) is 0 Å². The normalized spacial score (nSPS) is 0. The van der Waals surface area contributed by atoms with E-state index in [0.717, 1.165) is 0 Å². The summed E-state index contributed by atoms with van der Waals surface area (Å²) in [5.41, 5.74) is 0. The van der Waals surface area contributed by atoms with Gasteiger partial charge in [-0.05, 0) is 0 Å². The summed E-state index contributed by atoms with van der Waals surface area (Å²) in [5, 5.41) is 0. The Morgan fingerprint density at radius 1 is 0.667 bits per heavy atom. The molecule has 0 saturated carbocycles. The van der Waals surface area contributed by atoms with Crippen molar-refractivity contribution in [1.82, 2.24) is 0 Å². The standard InChI is InChI=1S/Mo.3O.Ti.V/q;3*-2;;. The zero-order valence-electron chi connectivity index (χ0n) is 2.58. The summed E-state index contributed by atoms with van der Waals surface area (Å²) in [6, 6.07) is 0. The maximum atomic E-state index is 0. The summed E-state index contributed by atoms with van der Waals surface area (Å²) in [4.78, 5) is 0. The van der Waals surface area contributed by atoms with Crippen LogP contribution in [0.1, 0.15) is 0 Å². The van der Waals surface area contributed by atoms with E-state index in [4.69, 9.17) is 0 Å². The number of hydrogen-bond donors (Lipinski definition) is 0. The zero-order valence-corrected chi connectivity index (χ0v) is 7.55. The first-order valence-corrected chi connectivity index (χ1v) is 0. The summed E-state index contributed by atoms with van der Waals surface area (Å²) < 4.78 is 0. The van der Waals surface area contributed by atoms with Crippen molar-refractivity contribution in [3.05, 3.63) is 0 Å². The topological polar surface area (TPSA) is 85.5 Å². The zero-order chi connectivity index (χ0) is 0. The van der Waals surface area contributed by atoms with Crippen LogP contribution < -0.4 is 0 Å². The van der Waals surface area contributed by atoms with E-state index in [1.54, 1.807) is 0 Å². The van der Waals surface area contributed by atoms with Crippen LogP contribution in [0.3, 0.4) is 0 Å². The molecule has 0 aromatic carbocycles. The quantitative estimate of drug-likeness (QED) is 0.520. The van der Waals surface area contributed by atoms with Crippen molar-refractivity contribution in [2.24, 2.45) is 0 Å². The SMILES string of the molecule is [Mo].[O-2].[O-2].[O-2].[Ti].[V]. The van der Waals surface area contributed by atoms with Crippen molar-refractivity contribution >= 4 is 0 Å². The second-order valence-corrected chi connectivity index (χ2v) is 0. The molecule has 0 aromatic heterocycles. The molecule has 1 radical (unpaired) electrons. The van der Waals surface area contributed by atoms with Crippen molar-refractivity contribution in [3.63, 3.8) is 0 Å². The van der Waals surface area contributed by atoms with Crippen molar-refractivity contribution in [3.8, 4) is 0 Å². The monoisotopic (exact) mass is 245 g/mol. The summed E-state index contributed by atoms with van der Waals surface area (Å²) in [7, 11) is 0. The van der Waals surface area contributed by atoms with Crippen molar-refractivity contribution in [2.45, 2.75) is 0 Å². The van der Waals surface area contributed by atoms with Gasteiger partial charge in [-0.3, -0.25) is 0 Å². The van der Waals surface area contributed by atoms with E-state index in [0.29, 0.717) is 0 Å². The Morgan fingerprint density at radius 3 is 0.667 bits per heavy atom. The van der Waals surface area contributed by atoms with Gasteiger partial charge in [0, 0.05) is 61.3 Å². The molecule has 0 saturated heterocycles. The van der Waals surface area contributed by atoms with Gasteiger partial charge >= 0.3 is 0 Å². The summed E-state index contributed by atoms with van der Waals surface area (Å²) in [6.07, 6.45) is 0. The van der Waals surface area contributed by atoms with Crippen LogP contribution in [-0.2, 0) is 77.8 Å². The molecule has 0 aliphatic heterocycles. The van der Waals surface area contributed by atoms with E-state index < -0.39 is 0 Å². The van der Waals surface area contributed by atoms with E-state index in [2.05, 4.69) is 0 Å². The van der Waals surface area contributed by atoms with Crippen LogP contribution in [0.4, 0.5) is 0 Å². The van der Waals surface area contributed by atoms with Crippen LogP contribution in [0.25, 0.3) is 0 Å². The third-order valence-corrected chi connectivity index (χ3v) is 0. The largest absolute Gasteiger partial charge is 2.00 e. The van der Waals surface area contributed by atoms with Gasteiger partial charge in [0.2, 0.25) is 0 Å². The van der Waals surface area contributed by atoms with Gasteiger partial charge in [0.25, 0.3) is 0 Å². The van der Waals surface area contributed by atoms with Gasteiger partial charge in [-0.25, -0.2) is 0 Å². The average Bonchev–Trinajstić information content (AvgIpc) is 0. The second kappa shape index (κ2) is 67.8. The van der Waals surface area contributed by atoms with Crippen molar-refractivity contribution in [1.29, 1.82) is 0 Å². The molecule has 0 rings (SSSR count). The van der Waals surface area contributed by atoms with E-state index in [1.807, 2.05) is 0 Å². The summed E-state index contributed by atoms with van der Waals surface area (Å²) in [5.74, 6) is 0. The molecule has 6 heteroatoms. The minimum absolute atomic E-state index is 0. The third-order valence-electron chi connectivity index (χ3n) is 0. The molecule has 0 aromatic rings. The Kier molecular flexibility index (Phi) is 1200. The molecule has 39 valence electrons. The second-order valence-electron chi connectivity index (χ2n) is 0. The van der Waals surface area contributed by atoms with Gasteiger partial charge in [0.05, 0.1) is 0 Å². The molecule has 0 atom stereocenters. The minimum atomic E-state index is 0. The third kappa shape index (κ3) is 39.9. The fraction of sp³-hybridized carbons (Fsp3) is 0. The maximum Gasteiger partial charge on any atom is 0 e. The van der Waals surface area contributed by atoms with Gasteiger partial charge in [0.1, 0.15) is 0 Å². The van der Waals surface area contributed by atoms with Crippen LogP contribution in [-0.4, -0.2) is 0 Å². The molecule has 0 heterocycles. The Hall–Kier alpha value is 1.87. The minimum Gasteiger partial charge on any atom is -2.00 e. The molecule has 6 heavy (non-hydrogen) atoms. The number of rotatable bonds is 0. The molecular formula is MoO3TiV-6. The fourth-order valence-electron chi connectivity index (χ4n) is 0. The van der Waals surface area contributed by atoms with Gasteiger partial charge < -0.3 is 16.4 Å². The number of hydrogen-bond acceptors (Lipinski definition) is 0. The van der Waals surface area contributed by atoms with Crippen molar-refractivity contribution in [2.75, 3.05) is 0 Å². The van der Waals surface area contributed by atoms with Gasteiger partial charge in [-0.1, -0.05) is 0 Å². The van der Waals surface area contributed by atoms with Crippen molar-refractivity contribution < 1.29 is 77.8 Å². The fourth-order valence-corrected chi connectivity index (χ4v) is 0. The molecular weight excluding hydrogens is 243 g/mol. The predicted molar refractivity (Wildman–Crippen MR) is 2.06 cm³/mol. The van der Waals surface area contributed by atoms with Crippen LogP contribution in [0.5, 0.6) is 0 Å². The van der Waals surface area contributed by atoms with E-state index in [1.165, 1.54) is 0 Å². The first kappa shape index (κ1) is 106. The molecule has 3 nitrogen and oxygen atoms in total. The van der Waals surface area contributed by atoms with Gasteiger partial charge in [-0.15, -0.1) is 0 Å². The van der Waals surface area contributed by atoms with Gasteiger partial charge in [0.15, 0.2) is 0 Å². The van der Waals surface area contributed by atoms with Crippen LogP contribution >= 0.6 is 0 Å². The van der Waals surface area contributed by atoms with E-state index >= 15 is 0 Å². The van der Waals surface area contributed by atoms with E-state index in [9.17, 15) is 0 Å². The molecule has 0 bridgehead atoms. The van der Waals surface area contributed by atoms with E-state index in [-0.39, 0.29) is 77.8 Å². The Labute approximate surface area is 77.2 Å². The molecule has 0 spiro atoms. The first-order valence-electron chi connectivity index (χ1n) is 0. The summed E-state index contributed by atoms with van der Waals surface area (Å²) >= 11 is 0. The molecule has 0 fully saturated rings. The molecule has 0 aliphatic carbocycles. The Balaban J connectivity index is 0. The maximum absolute atomic E-state index is 0. The summed E-state index contributed by atoms with van der Waals surface area (Å²) in [6.45, 7) is 0. The molecule has 0 N–H and O–H groups in total. The van der Waals surface area contributed by atoms with Crippen LogP contribution in [0.15, 0.2) is 0 Å². The Bertz CT molecular complexity index is 10.8. The van der Waals surface area contributed by atoms with Crippen LogP contribution in [0.2, 0.25) is 0 Å². The smallest absolute Gasteiger partial charge is 0 e. The molecule has 0 aliphatic rings. The molecule has 0 unspecified atom stereocenters. The predicted octanol–water partition coefficient (Wildman–Crippen LogP) is -0.364. The average molecular weight is 243 g/mol. The van der Waals surface area contributed by atoms with Crippen LogP contribution in [0, 0.1) is 0 Å².